The zero-order chi connectivity index (χ0) is 16.8. The Balaban J connectivity index is 2.12. The minimum absolute atomic E-state index is 0.0666. The summed E-state index contributed by atoms with van der Waals surface area (Å²) in [5.41, 5.74) is 0.898. The van der Waals surface area contributed by atoms with Crippen molar-refractivity contribution in [2.24, 2.45) is 17.8 Å². The van der Waals surface area contributed by atoms with Crippen LogP contribution in [0.2, 0.25) is 0 Å². The fraction of sp³-hybridized carbons (Fsp3) is 0.500. The number of hydrogen-bond acceptors (Lipinski definition) is 3. The van der Waals surface area contributed by atoms with Crippen LogP contribution in [0.3, 0.4) is 0 Å². The van der Waals surface area contributed by atoms with Gasteiger partial charge in [-0.25, -0.2) is 4.79 Å². The van der Waals surface area contributed by atoms with Crippen molar-refractivity contribution >= 4 is 12.0 Å². The average molecular weight is 311 g/mol. The van der Waals surface area contributed by atoms with E-state index in [1.807, 2.05) is 36.4 Å². The van der Waals surface area contributed by atoms with Crippen LogP contribution in [0.5, 0.6) is 0 Å². The van der Waals surface area contributed by atoms with Crippen LogP contribution in [0.1, 0.15) is 45.6 Å². The third-order valence-corrected chi connectivity index (χ3v) is 4.67. The number of nitriles is 1. The summed E-state index contributed by atoms with van der Waals surface area (Å²) in [4.78, 5) is 12.4. The van der Waals surface area contributed by atoms with Crippen molar-refractivity contribution < 1.29 is 9.53 Å². The van der Waals surface area contributed by atoms with Crippen molar-refractivity contribution in [3.8, 4) is 6.07 Å². The number of rotatable bonds is 4. The Labute approximate surface area is 139 Å². The predicted molar refractivity (Wildman–Crippen MR) is 91.3 cm³/mol. The summed E-state index contributed by atoms with van der Waals surface area (Å²) in [6.45, 7) is 6.54. The molecule has 1 aliphatic rings. The lowest BCUT2D eigenvalue weighted by Crippen LogP contribution is -2.36. The van der Waals surface area contributed by atoms with Gasteiger partial charge < -0.3 is 4.74 Å². The molecule has 1 saturated carbocycles. The normalized spacial score (nSPS) is 25.0. The third kappa shape index (κ3) is 4.69. The summed E-state index contributed by atoms with van der Waals surface area (Å²) in [6.07, 6.45) is 4.67. The van der Waals surface area contributed by atoms with Gasteiger partial charge in [0.05, 0.1) is 0 Å². The smallest absolute Gasteiger partial charge is 0.349 e. The molecule has 0 aliphatic heterocycles. The number of carbonyl (C=O) groups excluding carboxylic acids is 1. The molecule has 0 radical (unpaired) electrons. The van der Waals surface area contributed by atoms with Crippen molar-refractivity contribution in [1.82, 2.24) is 0 Å². The van der Waals surface area contributed by atoms with Crippen LogP contribution in [-0.2, 0) is 9.53 Å². The van der Waals surface area contributed by atoms with Gasteiger partial charge in [0, 0.05) is 0 Å². The Bertz CT molecular complexity index is 598. The zero-order valence-electron chi connectivity index (χ0n) is 14.2. The molecule has 3 atom stereocenters. The largest absolute Gasteiger partial charge is 0.458 e. The molecular weight excluding hydrogens is 286 g/mol. The van der Waals surface area contributed by atoms with Crippen molar-refractivity contribution in [3.05, 3.63) is 41.5 Å². The van der Waals surface area contributed by atoms with Gasteiger partial charge in [-0.15, -0.1) is 0 Å². The predicted octanol–water partition coefficient (Wildman–Crippen LogP) is 4.60. The van der Waals surface area contributed by atoms with Gasteiger partial charge >= 0.3 is 5.97 Å². The van der Waals surface area contributed by atoms with E-state index in [9.17, 15) is 10.1 Å². The van der Waals surface area contributed by atoms with E-state index in [-0.39, 0.29) is 11.7 Å². The van der Waals surface area contributed by atoms with E-state index in [0.717, 1.165) is 18.4 Å². The first-order valence-corrected chi connectivity index (χ1v) is 8.39. The van der Waals surface area contributed by atoms with Crippen LogP contribution in [-0.4, -0.2) is 12.1 Å². The summed E-state index contributed by atoms with van der Waals surface area (Å²) in [6, 6.07) is 11.4. The second-order valence-corrected chi connectivity index (χ2v) is 6.85. The average Bonchev–Trinajstić information content (AvgIpc) is 2.53. The zero-order valence-corrected chi connectivity index (χ0v) is 14.2. The number of nitrogens with zero attached hydrogens (tertiary/aromatic N) is 1. The molecule has 1 aromatic carbocycles. The quantitative estimate of drug-likeness (QED) is 0.464. The van der Waals surface area contributed by atoms with Crippen molar-refractivity contribution in [1.29, 1.82) is 5.26 Å². The van der Waals surface area contributed by atoms with Gasteiger partial charge in [-0.3, -0.25) is 0 Å². The third-order valence-electron chi connectivity index (χ3n) is 4.67. The molecule has 0 bridgehead atoms. The number of hydrogen-bond donors (Lipinski definition) is 0. The topological polar surface area (TPSA) is 50.1 Å². The van der Waals surface area contributed by atoms with Crippen LogP contribution in [0.25, 0.3) is 6.08 Å². The van der Waals surface area contributed by atoms with E-state index in [2.05, 4.69) is 20.8 Å². The fourth-order valence-electron chi connectivity index (χ4n) is 3.30. The highest BCUT2D eigenvalue weighted by molar-refractivity contribution is 5.97. The fourth-order valence-corrected chi connectivity index (χ4v) is 3.30. The molecule has 1 aliphatic carbocycles. The molecule has 0 N–H and O–H groups in total. The molecule has 1 fully saturated rings. The van der Waals surface area contributed by atoms with Gasteiger partial charge in [-0.05, 0) is 42.2 Å². The number of carbonyl (C=O) groups is 1. The first-order chi connectivity index (χ1) is 11.0. The van der Waals surface area contributed by atoms with Gasteiger partial charge in [0.1, 0.15) is 17.7 Å². The highest BCUT2D eigenvalue weighted by Gasteiger charge is 2.33. The summed E-state index contributed by atoms with van der Waals surface area (Å²) in [5.74, 6) is 0.920. The molecule has 122 valence electrons. The number of ether oxygens (including phenoxy) is 1. The molecule has 3 nitrogen and oxygen atoms in total. The lowest BCUT2D eigenvalue weighted by molar-refractivity contribution is -0.150. The van der Waals surface area contributed by atoms with Crippen LogP contribution in [0, 0.1) is 29.1 Å². The Morgan fingerprint density at radius 2 is 2.00 bits per heavy atom. The second kappa shape index (κ2) is 7.97. The standard InChI is InChI=1S/C20H25NO2/c1-14(2)18-10-9-15(3)11-19(18)23-20(22)17(13-21)12-16-7-5-4-6-8-16/h4-8,12,14-15,18-19H,9-11H2,1-3H3/b17-12+. The first-order valence-electron chi connectivity index (χ1n) is 8.39. The maximum atomic E-state index is 12.4. The minimum Gasteiger partial charge on any atom is -0.458 e. The number of esters is 1. The van der Waals surface area contributed by atoms with Gasteiger partial charge in [-0.2, -0.15) is 5.26 Å². The molecule has 0 spiro atoms. The van der Waals surface area contributed by atoms with E-state index < -0.39 is 5.97 Å². The molecular formula is C20H25NO2. The highest BCUT2D eigenvalue weighted by Crippen LogP contribution is 2.35. The molecule has 23 heavy (non-hydrogen) atoms. The maximum Gasteiger partial charge on any atom is 0.349 e. The summed E-state index contributed by atoms with van der Waals surface area (Å²) in [5, 5.41) is 9.30. The summed E-state index contributed by atoms with van der Waals surface area (Å²) in [7, 11) is 0. The highest BCUT2D eigenvalue weighted by atomic mass is 16.5. The van der Waals surface area contributed by atoms with Crippen LogP contribution in [0.4, 0.5) is 0 Å². The molecule has 0 aromatic heterocycles. The lowest BCUT2D eigenvalue weighted by atomic mass is 9.75. The van der Waals surface area contributed by atoms with Crippen LogP contribution >= 0.6 is 0 Å². The van der Waals surface area contributed by atoms with Gasteiger partial charge in [0.2, 0.25) is 0 Å². The van der Waals surface area contributed by atoms with Crippen molar-refractivity contribution in [2.75, 3.05) is 0 Å². The van der Waals surface area contributed by atoms with Crippen molar-refractivity contribution in [3.63, 3.8) is 0 Å². The van der Waals surface area contributed by atoms with E-state index in [0.29, 0.717) is 17.8 Å². The Morgan fingerprint density at radius 1 is 1.30 bits per heavy atom. The lowest BCUT2D eigenvalue weighted by Gasteiger charge is -2.36. The van der Waals surface area contributed by atoms with E-state index in [1.54, 1.807) is 6.08 Å². The minimum atomic E-state index is -0.499. The van der Waals surface area contributed by atoms with E-state index >= 15 is 0 Å². The molecule has 0 saturated heterocycles. The van der Waals surface area contributed by atoms with Gasteiger partial charge in [0.25, 0.3) is 0 Å². The molecule has 1 aromatic rings. The Morgan fingerprint density at radius 3 is 2.61 bits per heavy atom. The van der Waals surface area contributed by atoms with Gasteiger partial charge in [0.15, 0.2) is 0 Å². The maximum absolute atomic E-state index is 12.4. The van der Waals surface area contributed by atoms with Gasteiger partial charge in [-0.1, -0.05) is 57.5 Å². The molecule has 0 amide bonds. The molecule has 3 heteroatoms. The van der Waals surface area contributed by atoms with Crippen molar-refractivity contribution in [2.45, 2.75) is 46.1 Å². The Kier molecular flexibility index (Phi) is 5.98. The Hall–Kier alpha value is -2.08. The monoisotopic (exact) mass is 311 g/mol. The first kappa shape index (κ1) is 17.3. The SMILES string of the molecule is CC1CCC(C(C)C)C(OC(=O)/C(C#N)=C/c2ccccc2)C1. The van der Waals surface area contributed by atoms with Crippen LogP contribution < -0.4 is 0 Å². The van der Waals surface area contributed by atoms with Crippen LogP contribution in [0.15, 0.2) is 35.9 Å². The second-order valence-electron chi connectivity index (χ2n) is 6.85. The van der Waals surface area contributed by atoms with E-state index in [1.165, 1.54) is 6.42 Å². The number of benzene rings is 1. The summed E-state index contributed by atoms with van der Waals surface area (Å²) < 4.78 is 5.73. The van der Waals surface area contributed by atoms with E-state index in [4.69, 9.17) is 4.74 Å². The molecule has 0 heterocycles. The molecule has 2 rings (SSSR count). The molecule has 3 unspecified atom stereocenters. The summed E-state index contributed by atoms with van der Waals surface area (Å²) >= 11 is 0.